The molecule has 0 amide bonds. The van der Waals surface area contributed by atoms with Gasteiger partial charge in [0.25, 0.3) is 0 Å². The van der Waals surface area contributed by atoms with Crippen LogP contribution in [0.15, 0.2) is 24.3 Å². The molecule has 2 aliphatic rings. The van der Waals surface area contributed by atoms with Crippen LogP contribution >= 0.6 is 10.8 Å². The molecule has 6 heteroatoms. The zero-order valence-electron chi connectivity index (χ0n) is 7.26. The molecule has 0 aromatic rings. The Hall–Kier alpha value is -1.27. The summed E-state index contributed by atoms with van der Waals surface area (Å²) in [6, 6.07) is 0. The first-order chi connectivity index (χ1) is 6.70. The molecule has 0 saturated heterocycles. The fourth-order valence-electron chi connectivity index (χ4n) is 1.11. The molecule has 0 atom stereocenters. The second kappa shape index (κ2) is 3.47. The summed E-state index contributed by atoms with van der Waals surface area (Å²) in [6.07, 6.45) is 5.87. The topological polar surface area (TPSA) is 64.6 Å². The lowest BCUT2D eigenvalue weighted by Crippen LogP contribution is -2.31. The minimum Gasteiger partial charge on any atom is -0.326 e. The van der Waals surface area contributed by atoms with Gasteiger partial charge in [0.1, 0.15) is 0 Å². The van der Waals surface area contributed by atoms with Gasteiger partial charge in [-0.2, -0.15) is 4.72 Å². The van der Waals surface area contributed by atoms with E-state index in [9.17, 15) is 9.59 Å². The third-order valence-corrected chi connectivity index (χ3v) is 3.80. The van der Waals surface area contributed by atoms with Gasteiger partial charge in [-0.15, -0.1) is 0 Å². The molecule has 0 aliphatic carbocycles. The van der Waals surface area contributed by atoms with E-state index in [1.165, 1.54) is 0 Å². The van der Waals surface area contributed by atoms with Gasteiger partial charge < -0.3 is 8.37 Å². The number of hydrogen-bond acceptors (Lipinski definition) is 5. The lowest BCUT2D eigenvalue weighted by atomic mass is 10.5. The summed E-state index contributed by atoms with van der Waals surface area (Å²) in [4.78, 5) is 22.2. The van der Waals surface area contributed by atoms with E-state index < -0.39 is 22.7 Å². The molecule has 2 heterocycles. The highest BCUT2D eigenvalue weighted by atomic mass is 32.3. The van der Waals surface area contributed by atoms with Crippen molar-refractivity contribution in [1.82, 2.24) is 4.72 Å². The van der Waals surface area contributed by atoms with Crippen LogP contribution in [0.4, 0.5) is 0 Å². The van der Waals surface area contributed by atoms with Crippen molar-refractivity contribution in [1.29, 1.82) is 0 Å². The number of nitrogens with one attached hydrogen (secondary N) is 1. The van der Waals surface area contributed by atoms with Crippen LogP contribution in [0.2, 0.25) is 0 Å². The fourth-order valence-corrected chi connectivity index (χ4v) is 2.90. The third kappa shape index (κ3) is 1.80. The van der Waals surface area contributed by atoms with Crippen LogP contribution in [-0.4, -0.2) is 24.2 Å². The molecule has 1 N–H and O–H groups in total. The summed E-state index contributed by atoms with van der Waals surface area (Å²) in [7, 11) is -2.23. The number of hydrogen-bond donors (Lipinski definition) is 1. The van der Waals surface area contributed by atoms with Crippen LogP contribution < -0.4 is 4.72 Å². The van der Waals surface area contributed by atoms with Gasteiger partial charge in [0, 0.05) is 18.7 Å². The first-order valence-electron chi connectivity index (χ1n) is 4.06. The first-order valence-corrected chi connectivity index (χ1v) is 5.71. The smallest absolute Gasteiger partial charge is 0.326 e. The Labute approximate surface area is 82.6 Å². The largest absolute Gasteiger partial charge is 0.355 e. The van der Waals surface area contributed by atoms with Gasteiger partial charge in [0.05, 0.1) is 5.75 Å². The van der Waals surface area contributed by atoms with E-state index in [2.05, 4.69) is 4.72 Å². The van der Waals surface area contributed by atoms with E-state index in [1.54, 1.807) is 0 Å². The van der Waals surface area contributed by atoms with Crippen molar-refractivity contribution in [2.75, 3.05) is 12.3 Å². The monoisotopic (exact) mass is 215 g/mol. The Bertz CT molecular complexity index is 316. The first kappa shape index (κ1) is 9.29. The summed E-state index contributed by atoms with van der Waals surface area (Å²) in [6.45, 7) is 0.538. The molecule has 5 nitrogen and oxygen atoms in total. The predicted molar refractivity (Wildman–Crippen MR) is 50.9 cm³/mol. The van der Waals surface area contributed by atoms with Crippen molar-refractivity contribution < 1.29 is 18.0 Å². The van der Waals surface area contributed by atoms with Crippen molar-refractivity contribution >= 4 is 22.7 Å². The molecule has 76 valence electrons. The highest BCUT2D eigenvalue weighted by Gasteiger charge is 2.30. The van der Waals surface area contributed by atoms with Gasteiger partial charge in [-0.1, -0.05) is 12.2 Å². The van der Waals surface area contributed by atoms with Crippen LogP contribution in [0.5, 0.6) is 0 Å². The van der Waals surface area contributed by atoms with Gasteiger partial charge in [-0.05, 0) is 10.8 Å². The molecule has 0 unspecified atom stereocenters. The van der Waals surface area contributed by atoms with Crippen LogP contribution in [0, 0.1) is 0 Å². The zero-order chi connectivity index (χ0) is 10.0. The van der Waals surface area contributed by atoms with Gasteiger partial charge in [0.15, 0.2) is 0 Å². The Balaban J connectivity index is 2.23. The second-order valence-corrected chi connectivity index (χ2v) is 4.92. The van der Waals surface area contributed by atoms with Gasteiger partial charge in [0.2, 0.25) is 0 Å². The molecular formula is C8H9NO4S. The maximum Gasteiger partial charge on any atom is 0.355 e. The number of rotatable bonds is 0. The summed E-state index contributed by atoms with van der Waals surface area (Å²) < 4.78 is 13.0. The number of carbonyl (C=O) groups is 2. The lowest BCUT2D eigenvalue weighted by molar-refractivity contribution is -0.129. The highest BCUT2D eigenvalue weighted by molar-refractivity contribution is 8.25. The fraction of sp³-hybridized carbons (Fsp3) is 0.250. The van der Waals surface area contributed by atoms with Crippen molar-refractivity contribution in [3.8, 4) is 0 Å². The van der Waals surface area contributed by atoms with Gasteiger partial charge >= 0.3 is 11.9 Å². The minimum atomic E-state index is -2.23. The average Bonchev–Trinajstić information content (AvgIpc) is 2.27. The standard InChI is InChI=1S/C8H9NO4S/c10-7-3-4-8(11)13-14(12-7)6-2-1-5-9-14/h1-4,9H,5-6H2. The van der Waals surface area contributed by atoms with Gasteiger partial charge in [-0.3, -0.25) is 0 Å². The van der Waals surface area contributed by atoms with Crippen molar-refractivity contribution in [3.05, 3.63) is 24.3 Å². The normalized spacial score (nSPS) is 26.6. The molecule has 14 heavy (non-hydrogen) atoms. The average molecular weight is 215 g/mol. The van der Waals surface area contributed by atoms with E-state index in [1.807, 2.05) is 12.2 Å². The Morgan fingerprint density at radius 3 is 2.29 bits per heavy atom. The molecule has 0 fully saturated rings. The maximum atomic E-state index is 11.1. The number of carbonyl (C=O) groups excluding carboxylic acids is 2. The SMILES string of the molecule is O=C1C=CC(=O)OS2(CC=CCN2)O1. The van der Waals surface area contributed by atoms with E-state index in [0.29, 0.717) is 12.3 Å². The van der Waals surface area contributed by atoms with Crippen molar-refractivity contribution in [3.63, 3.8) is 0 Å². The van der Waals surface area contributed by atoms with E-state index in [4.69, 9.17) is 8.37 Å². The Kier molecular flexibility index (Phi) is 2.30. The molecule has 1 spiro atoms. The van der Waals surface area contributed by atoms with Crippen molar-refractivity contribution in [2.45, 2.75) is 0 Å². The molecule has 2 rings (SSSR count). The van der Waals surface area contributed by atoms with E-state index in [-0.39, 0.29) is 0 Å². The Morgan fingerprint density at radius 1 is 1.14 bits per heavy atom. The Morgan fingerprint density at radius 2 is 1.79 bits per heavy atom. The summed E-state index contributed by atoms with van der Waals surface area (Å²) >= 11 is 0. The van der Waals surface area contributed by atoms with Crippen LogP contribution in [-0.2, 0) is 18.0 Å². The minimum absolute atomic E-state index is 0.409. The van der Waals surface area contributed by atoms with Crippen LogP contribution in [0.25, 0.3) is 0 Å². The van der Waals surface area contributed by atoms with Gasteiger partial charge in [-0.25, -0.2) is 9.59 Å². The van der Waals surface area contributed by atoms with Crippen LogP contribution in [0.1, 0.15) is 0 Å². The second-order valence-electron chi connectivity index (χ2n) is 2.74. The third-order valence-electron chi connectivity index (χ3n) is 1.69. The van der Waals surface area contributed by atoms with E-state index >= 15 is 0 Å². The molecule has 0 radical (unpaired) electrons. The maximum absolute atomic E-state index is 11.1. The lowest BCUT2D eigenvalue weighted by Gasteiger charge is -2.40. The molecular weight excluding hydrogens is 206 g/mol. The summed E-state index contributed by atoms with van der Waals surface area (Å²) in [5.74, 6) is -0.686. The highest BCUT2D eigenvalue weighted by Crippen LogP contribution is 2.48. The molecule has 0 aromatic heterocycles. The van der Waals surface area contributed by atoms with Crippen LogP contribution in [0.3, 0.4) is 0 Å². The molecule has 0 saturated carbocycles. The molecule has 2 aliphatic heterocycles. The van der Waals surface area contributed by atoms with E-state index in [0.717, 1.165) is 12.2 Å². The molecule has 0 aromatic carbocycles. The molecule has 0 bridgehead atoms. The summed E-state index contributed by atoms with van der Waals surface area (Å²) in [5, 5.41) is 0. The van der Waals surface area contributed by atoms with Crippen molar-refractivity contribution in [2.24, 2.45) is 0 Å². The summed E-state index contributed by atoms with van der Waals surface area (Å²) in [5.41, 5.74) is 0. The quantitative estimate of drug-likeness (QED) is 0.591. The zero-order valence-corrected chi connectivity index (χ0v) is 8.08. The predicted octanol–water partition coefficient (Wildman–Crippen LogP) is 0.352.